The molecule has 2 fully saturated rings. The second kappa shape index (κ2) is 9.70. The van der Waals surface area contributed by atoms with E-state index < -0.39 is 4.92 Å². The highest BCUT2D eigenvalue weighted by atomic mass is 16.6. The number of nitro benzene ring substituents is 1. The van der Waals surface area contributed by atoms with Crippen molar-refractivity contribution in [3.63, 3.8) is 0 Å². The molecular weight excluding hydrogens is 438 g/mol. The molecule has 0 spiro atoms. The molecule has 0 radical (unpaired) electrons. The molecule has 0 aromatic heterocycles. The van der Waals surface area contributed by atoms with Gasteiger partial charge in [-0.3, -0.25) is 19.7 Å². The van der Waals surface area contributed by atoms with Gasteiger partial charge in [0.25, 0.3) is 5.69 Å². The fourth-order valence-corrected chi connectivity index (χ4v) is 4.98. The molecule has 34 heavy (non-hydrogen) atoms. The van der Waals surface area contributed by atoms with Crippen LogP contribution in [0.4, 0.5) is 17.1 Å². The number of anilines is 2. The summed E-state index contributed by atoms with van der Waals surface area (Å²) in [4.78, 5) is 38.4. The zero-order chi connectivity index (χ0) is 24.4. The highest BCUT2D eigenvalue weighted by Crippen LogP contribution is 2.43. The summed E-state index contributed by atoms with van der Waals surface area (Å²) in [6.45, 7) is 2.53. The molecule has 1 heterocycles. The van der Waals surface area contributed by atoms with E-state index in [1.807, 2.05) is 18.2 Å². The van der Waals surface area contributed by atoms with Gasteiger partial charge in [-0.05, 0) is 61.4 Å². The summed E-state index contributed by atoms with van der Waals surface area (Å²) in [5, 5.41) is 14.9. The smallest absolute Gasteiger partial charge is 0.294 e. The summed E-state index contributed by atoms with van der Waals surface area (Å²) in [5.41, 5.74) is 1.40. The van der Waals surface area contributed by atoms with Gasteiger partial charge in [0.15, 0.2) is 11.5 Å². The molecule has 1 saturated heterocycles. The highest BCUT2D eigenvalue weighted by molar-refractivity contribution is 6.22. The third-order valence-corrected chi connectivity index (χ3v) is 6.80. The Morgan fingerprint density at radius 1 is 1.03 bits per heavy atom. The molecule has 1 saturated carbocycles. The standard InChI is InChI=1S/C25H29N3O6/c1-15-4-7-18-19(12-15)25(30)27(24(18)29)17-6-8-20(21(14-17)28(31)32)26-11-10-16-5-9-22(33-2)23(13-16)34-3/h5-6,8-9,13-15,18-19,26H,4,7,10-12H2,1-3H3. The fourth-order valence-electron chi connectivity index (χ4n) is 4.98. The molecule has 180 valence electrons. The molecule has 9 heteroatoms. The number of carbonyl (C=O) groups excluding carboxylic acids is 2. The number of methoxy groups -OCH3 is 2. The first-order valence-corrected chi connectivity index (χ1v) is 11.4. The van der Waals surface area contributed by atoms with E-state index in [4.69, 9.17) is 9.47 Å². The second-order valence-electron chi connectivity index (χ2n) is 8.97. The minimum absolute atomic E-state index is 0.173. The Labute approximate surface area is 198 Å². The first kappa shape index (κ1) is 23.5. The molecule has 9 nitrogen and oxygen atoms in total. The summed E-state index contributed by atoms with van der Waals surface area (Å²) >= 11 is 0. The first-order valence-electron chi connectivity index (χ1n) is 11.4. The van der Waals surface area contributed by atoms with Gasteiger partial charge < -0.3 is 14.8 Å². The molecule has 2 aromatic carbocycles. The zero-order valence-corrected chi connectivity index (χ0v) is 19.6. The molecular formula is C25H29N3O6. The topological polar surface area (TPSA) is 111 Å². The Hall–Kier alpha value is -3.62. The molecule has 1 N–H and O–H groups in total. The van der Waals surface area contributed by atoms with Gasteiger partial charge >= 0.3 is 0 Å². The van der Waals surface area contributed by atoms with Crippen molar-refractivity contribution < 1.29 is 24.0 Å². The molecule has 1 aliphatic heterocycles. The Balaban J connectivity index is 1.50. The number of nitrogens with one attached hydrogen (secondary N) is 1. The monoisotopic (exact) mass is 467 g/mol. The fraction of sp³-hybridized carbons (Fsp3) is 0.440. The van der Waals surface area contributed by atoms with E-state index in [1.165, 1.54) is 6.07 Å². The number of hydrogen-bond donors (Lipinski definition) is 1. The van der Waals surface area contributed by atoms with E-state index in [9.17, 15) is 19.7 Å². The van der Waals surface area contributed by atoms with E-state index in [1.54, 1.807) is 26.4 Å². The van der Waals surface area contributed by atoms with Crippen LogP contribution in [0.1, 0.15) is 31.7 Å². The van der Waals surface area contributed by atoms with Crippen LogP contribution in [0, 0.1) is 27.9 Å². The molecule has 2 amide bonds. The van der Waals surface area contributed by atoms with E-state index in [0.29, 0.717) is 48.9 Å². The molecule has 0 bridgehead atoms. The van der Waals surface area contributed by atoms with E-state index >= 15 is 0 Å². The van der Waals surface area contributed by atoms with Gasteiger partial charge in [0, 0.05) is 12.6 Å². The van der Waals surface area contributed by atoms with E-state index in [-0.39, 0.29) is 35.0 Å². The molecule has 4 rings (SSSR count). The van der Waals surface area contributed by atoms with Gasteiger partial charge in [0.2, 0.25) is 11.8 Å². The lowest BCUT2D eigenvalue weighted by atomic mass is 9.76. The summed E-state index contributed by atoms with van der Waals surface area (Å²) in [6.07, 6.45) is 2.88. The van der Waals surface area contributed by atoms with Gasteiger partial charge in [-0.2, -0.15) is 0 Å². The Bertz CT molecular complexity index is 1120. The van der Waals surface area contributed by atoms with E-state index in [0.717, 1.165) is 16.9 Å². The quantitative estimate of drug-likeness (QED) is 0.352. The predicted molar refractivity (Wildman–Crippen MR) is 127 cm³/mol. The number of nitro groups is 1. The van der Waals surface area contributed by atoms with Gasteiger partial charge in [0.05, 0.1) is 36.7 Å². The maximum atomic E-state index is 13.0. The average Bonchev–Trinajstić information content (AvgIpc) is 3.08. The van der Waals surface area contributed by atoms with Crippen LogP contribution >= 0.6 is 0 Å². The van der Waals surface area contributed by atoms with Gasteiger partial charge in [-0.1, -0.05) is 13.0 Å². The van der Waals surface area contributed by atoms with Crippen LogP contribution in [0.3, 0.4) is 0 Å². The van der Waals surface area contributed by atoms with Crippen molar-refractivity contribution >= 4 is 28.9 Å². The number of benzene rings is 2. The van der Waals surface area contributed by atoms with Gasteiger partial charge in [-0.25, -0.2) is 4.90 Å². The Kier molecular flexibility index (Phi) is 6.72. The van der Waals surface area contributed by atoms with E-state index in [2.05, 4.69) is 12.2 Å². The van der Waals surface area contributed by atoms with Crippen LogP contribution < -0.4 is 19.7 Å². The van der Waals surface area contributed by atoms with Crippen LogP contribution in [0.2, 0.25) is 0 Å². The number of ether oxygens (including phenoxy) is 2. The van der Waals surface area contributed by atoms with Crippen LogP contribution in [-0.4, -0.2) is 37.5 Å². The van der Waals surface area contributed by atoms with Crippen LogP contribution in [0.15, 0.2) is 36.4 Å². The number of imide groups is 1. The maximum Gasteiger partial charge on any atom is 0.294 e. The Morgan fingerprint density at radius 3 is 2.47 bits per heavy atom. The lowest BCUT2D eigenvalue weighted by Gasteiger charge is -2.25. The maximum absolute atomic E-state index is 13.0. The van der Waals surface area contributed by atoms with Crippen molar-refractivity contribution in [3.8, 4) is 11.5 Å². The van der Waals surface area contributed by atoms with Crippen LogP contribution in [0.5, 0.6) is 11.5 Å². The second-order valence-corrected chi connectivity index (χ2v) is 8.97. The van der Waals surface area contributed by atoms with Gasteiger partial charge in [0.1, 0.15) is 5.69 Å². The number of rotatable bonds is 8. The number of carbonyl (C=O) groups is 2. The van der Waals surface area contributed by atoms with Crippen molar-refractivity contribution in [2.75, 3.05) is 31.0 Å². The third kappa shape index (κ3) is 4.42. The first-order chi connectivity index (χ1) is 16.3. The number of nitrogens with zero attached hydrogens (tertiary/aromatic N) is 2. The van der Waals surface area contributed by atoms with Crippen molar-refractivity contribution in [3.05, 3.63) is 52.1 Å². The highest BCUT2D eigenvalue weighted by Gasteiger charge is 2.50. The van der Waals surface area contributed by atoms with Crippen LogP contribution in [0.25, 0.3) is 0 Å². The molecule has 3 atom stereocenters. The lowest BCUT2D eigenvalue weighted by Crippen LogP contribution is -2.31. The van der Waals surface area contributed by atoms with Crippen molar-refractivity contribution in [1.29, 1.82) is 0 Å². The largest absolute Gasteiger partial charge is 0.493 e. The van der Waals surface area contributed by atoms with Crippen molar-refractivity contribution in [2.24, 2.45) is 17.8 Å². The molecule has 3 unspecified atom stereocenters. The number of amides is 2. The Morgan fingerprint density at radius 2 is 1.76 bits per heavy atom. The third-order valence-electron chi connectivity index (χ3n) is 6.80. The van der Waals surface area contributed by atoms with Crippen molar-refractivity contribution in [1.82, 2.24) is 0 Å². The zero-order valence-electron chi connectivity index (χ0n) is 19.6. The predicted octanol–water partition coefficient (Wildman–Crippen LogP) is 4.19. The number of fused-ring (bicyclic) bond motifs is 1. The average molecular weight is 468 g/mol. The minimum Gasteiger partial charge on any atom is -0.493 e. The molecule has 1 aliphatic carbocycles. The molecule has 2 aromatic rings. The number of hydrogen-bond acceptors (Lipinski definition) is 7. The van der Waals surface area contributed by atoms with Crippen LogP contribution in [-0.2, 0) is 16.0 Å². The van der Waals surface area contributed by atoms with Gasteiger partial charge in [-0.15, -0.1) is 0 Å². The SMILES string of the molecule is COc1ccc(CCNc2ccc(N3C(=O)C4CCC(C)CC4C3=O)cc2[N+](=O)[O-])cc1OC. The summed E-state index contributed by atoms with van der Waals surface area (Å²) in [5.74, 6) is 0.507. The van der Waals surface area contributed by atoms with Crippen molar-refractivity contribution in [2.45, 2.75) is 32.6 Å². The summed E-state index contributed by atoms with van der Waals surface area (Å²) in [6, 6.07) is 10.1. The molecule has 2 aliphatic rings. The summed E-state index contributed by atoms with van der Waals surface area (Å²) in [7, 11) is 3.13. The lowest BCUT2D eigenvalue weighted by molar-refractivity contribution is -0.383. The summed E-state index contributed by atoms with van der Waals surface area (Å²) < 4.78 is 10.6. The normalized spacial score (nSPS) is 21.9. The minimum atomic E-state index is -0.498.